The van der Waals surface area contributed by atoms with Gasteiger partial charge in [-0.1, -0.05) is 0 Å². The summed E-state index contributed by atoms with van der Waals surface area (Å²) < 4.78 is 2.21. The molecule has 1 atom stereocenters. The van der Waals surface area contributed by atoms with Crippen LogP contribution < -0.4 is 15.5 Å². The van der Waals surface area contributed by atoms with Crippen molar-refractivity contribution >= 4 is 35.0 Å². The van der Waals surface area contributed by atoms with Crippen molar-refractivity contribution in [3.05, 3.63) is 41.2 Å². The van der Waals surface area contributed by atoms with Crippen LogP contribution in [0.2, 0.25) is 0 Å². The molecule has 40 heavy (non-hydrogen) atoms. The van der Waals surface area contributed by atoms with Crippen LogP contribution in [0.3, 0.4) is 0 Å². The van der Waals surface area contributed by atoms with Crippen LogP contribution >= 0.6 is 0 Å². The number of benzene rings is 1. The molecule has 1 aromatic carbocycles. The number of rotatable bonds is 7. The van der Waals surface area contributed by atoms with E-state index in [9.17, 15) is 19.2 Å². The first-order valence-corrected chi connectivity index (χ1v) is 14.5. The Morgan fingerprint density at radius 1 is 0.975 bits per heavy atom. The molecule has 2 N–H and O–H groups in total. The van der Waals surface area contributed by atoms with Crippen molar-refractivity contribution in [2.75, 3.05) is 50.0 Å². The summed E-state index contributed by atoms with van der Waals surface area (Å²) in [6, 6.07) is 4.62. The molecule has 11 nitrogen and oxygen atoms in total. The highest BCUT2D eigenvalue weighted by atomic mass is 16.2. The van der Waals surface area contributed by atoms with Gasteiger partial charge < -0.3 is 15.1 Å². The van der Waals surface area contributed by atoms with E-state index in [4.69, 9.17) is 5.10 Å². The fourth-order valence-electron chi connectivity index (χ4n) is 6.45. The highest BCUT2D eigenvalue weighted by Crippen LogP contribution is 2.46. The van der Waals surface area contributed by atoms with Crippen LogP contribution in [0.25, 0.3) is 0 Å². The molecule has 2 saturated heterocycles. The number of nitrogens with one attached hydrogen (secondary N) is 2. The molecule has 2 saturated carbocycles. The first-order valence-electron chi connectivity index (χ1n) is 14.5. The fraction of sp³-hybridized carbons (Fsp3) is 0.552. The van der Waals surface area contributed by atoms with Crippen LogP contribution in [0.1, 0.15) is 76.9 Å². The fourth-order valence-corrected chi connectivity index (χ4v) is 6.45. The molecule has 4 heterocycles. The third-order valence-electron chi connectivity index (χ3n) is 9.17. The number of fused-ring (bicyclic) bond motifs is 1. The van der Waals surface area contributed by atoms with Crippen LogP contribution in [0.5, 0.6) is 0 Å². The number of likely N-dealkylation sites (N-methyl/N-ethyl adjacent to an activating group) is 1. The van der Waals surface area contributed by atoms with Gasteiger partial charge in [0.1, 0.15) is 6.04 Å². The Kier molecular flexibility index (Phi) is 6.14. The Hall–Kier alpha value is -3.73. The lowest BCUT2D eigenvalue weighted by atomic mass is 9.80. The number of nitrogens with zero attached hydrogens (tertiary/aromatic N) is 5. The first-order chi connectivity index (χ1) is 19.4. The SMILES string of the molecule is CN1CCN(c2cn([C@H]3C[C@H](CNc4ccc5c(c4)C(=O)N(C4CCC(=O)NC4=O)C5=O)C3)nc2C2CC2)CC1. The highest BCUT2D eigenvalue weighted by Gasteiger charge is 2.44. The lowest BCUT2D eigenvalue weighted by molar-refractivity contribution is -0.136. The maximum atomic E-state index is 13.1. The summed E-state index contributed by atoms with van der Waals surface area (Å²) in [6.07, 6.45) is 7.13. The lowest BCUT2D eigenvalue weighted by Crippen LogP contribution is -2.54. The molecule has 5 aliphatic rings. The zero-order chi connectivity index (χ0) is 27.5. The van der Waals surface area contributed by atoms with E-state index in [0.29, 0.717) is 29.0 Å². The number of aromatic nitrogens is 2. The van der Waals surface area contributed by atoms with E-state index in [-0.39, 0.29) is 18.7 Å². The molecule has 4 amide bonds. The maximum absolute atomic E-state index is 13.1. The monoisotopic (exact) mass is 545 g/mol. The summed E-state index contributed by atoms with van der Waals surface area (Å²) in [4.78, 5) is 55.7. The molecule has 4 fully saturated rings. The molecule has 3 aliphatic heterocycles. The van der Waals surface area contributed by atoms with E-state index >= 15 is 0 Å². The van der Waals surface area contributed by atoms with E-state index in [2.05, 4.69) is 38.4 Å². The summed E-state index contributed by atoms with van der Waals surface area (Å²) in [5.74, 6) is -0.827. The normalized spacial score (nSPS) is 27.1. The van der Waals surface area contributed by atoms with Crippen LogP contribution in [0.4, 0.5) is 11.4 Å². The molecule has 2 aromatic rings. The van der Waals surface area contributed by atoms with Crippen molar-refractivity contribution in [1.82, 2.24) is 24.9 Å². The van der Waals surface area contributed by atoms with Gasteiger partial charge in [0.2, 0.25) is 11.8 Å². The van der Waals surface area contributed by atoms with Crippen LogP contribution in [-0.2, 0) is 9.59 Å². The Morgan fingerprint density at radius 3 is 2.45 bits per heavy atom. The van der Waals surface area contributed by atoms with Crippen LogP contribution in [0.15, 0.2) is 24.4 Å². The van der Waals surface area contributed by atoms with E-state index in [1.807, 2.05) is 6.07 Å². The summed E-state index contributed by atoms with van der Waals surface area (Å²) in [5, 5.41) is 10.7. The largest absolute Gasteiger partial charge is 0.385 e. The number of anilines is 2. The Balaban J connectivity index is 0.965. The number of piperidine rings is 1. The van der Waals surface area contributed by atoms with Crippen molar-refractivity contribution in [2.24, 2.45) is 5.92 Å². The summed E-state index contributed by atoms with van der Waals surface area (Å²) in [6.45, 7) is 5.06. The second kappa shape index (κ2) is 9.72. The van der Waals surface area contributed by atoms with Crippen molar-refractivity contribution < 1.29 is 19.2 Å². The van der Waals surface area contributed by atoms with Crippen molar-refractivity contribution in [3.8, 4) is 0 Å². The van der Waals surface area contributed by atoms with E-state index < -0.39 is 23.8 Å². The topological polar surface area (TPSA) is 120 Å². The van der Waals surface area contributed by atoms with Crippen molar-refractivity contribution in [3.63, 3.8) is 0 Å². The summed E-state index contributed by atoms with van der Waals surface area (Å²) in [7, 11) is 2.18. The van der Waals surface area contributed by atoms with Gasteiger partial charge in [-0.25, -0.2) is 0 Å². The van der Waals surface area contributed by atoms with Gasteiger partial charge in [-0.15, -0.1) is 0 Å². The number of imide groups is 2. The number of amides is 4. The first kappa shape index (κ1) is 25.3. The molecule has 11 heteroatoms. The quantitative estimate of drug-likeness (QED) is 0.507. The number of hydrogen-bond donors (Lipinski definition) is 2. The third-order valence-corrected chi connectivity index (χ3v) is 9.17. The van der Waals surface area contributed by atoms with Gasteiger partial charge in [-0.2, -0.15) is 5.10 Å². The predicted molar refractivity (Wildman–Crippen MR) is 147 cm³/mol. The number of carbonyl (C=O) groups excluding carboxylic acids is 4. The lowest BCUT2D eigenvalue weighted by Gasteiger charge is -2.36. The maximum Gasteiger partial charge on any atom is 0.262 e. The Morgan fingerprint density at radius 2 is 1.73 bits per heavy atom. The molecular formula is C29H35N7O4. The van der Waals surface area contributed by atoms with E-state index in [1.54, 1.807) is 12.1 Å². The molecule has 0 radical (unpaired) electrons. The van der Waals surface area contributed by atoms with E-state index in [1.165, 1.54) is 24.2 Å². The standard InChI is InChI=1S/C29H35N7O4/c1-33-8-10-34(11-9-33)24-16-35(32-26(24)18-2-3-18)20-12-17(13-20)15-30-19-4-5-21-22(14-19)29(40)36(28(21)39)23-6-7-25(37)31-27(23)38/h4-5,14,16-18,20,23,30H,2-3,6-13,15H2,1H3,(H,31,37,38)/t17-,20-,23?. The summed E-state index contributed by atoms with van der Waals surface area (Å²) >= 11 is 0. The molecule has 1 aromatic heterocycles. The number of piperazine rings is 1. The van der Waals surface area contributed by atoms with Gasteiger partial charge in [0.15, 0.2) is 0 Å². The van der Waals surface area contributed by atoms with Crippen molar-refractivity contribution in [1.29, 1.82) is 0 Å². The molecule has 0 spiro atoms. The van der Waals surface area contributed by atoms with Gasteiger partial charge in [-0.05, 0) is 63.3 Å². The second-order valence-corrected chi connectivity index (χ2v) is 12.0. The average Bonchev–Trinajstić information content (AvgIpc) is 3.63. The van der Waals surface area contributed by atoms with Crippen molar-refractivity contribution in [2.45, 2.75) is 56.5 Å². The van der Waals surface area contributed by atoms with Gasteiger partial charge in [-0.3, -0.25) is 34.1 Å². The van der Waals surface area contributed by atoms with Gasteiger partial charge in [0.25, 0.3) is 11.8 Å². The minimum absolute atomic E-state index is 0.108. The Bertz CT molecular complexity index is 1380. The Labute approximate surface area is 232 Å². The predicted octanol–water partition coefficient (Wildman–Crippen LogP) is 1.98. The molecular weight excluding hydrogens is 510 g/mol. The smallest absolute Gasteiger partial charge is 0.262 e. The molecule has 1 unspecified atom stereocenters. The molecule has 0 bridgehead atoms. The van der Waals surface area contributed by atoms with E-state index in [0.717, 1.165) is 56.2 Å². The minimum atomic E-state index is -0.951. The zero-order valence-corrected chi connectivity index (χ0v) is 22.8. The minimum Gasteiger partial charge on any atom is -0.385 e. The molecule has 210 valence electrons. The molecule has 2 aliphatic carbocycles. The van der Waals surface area contributed by atoms with Crippen LogP contribution in [-0.4, -0.2) is 89.0 Å². The number of hydrogen-bond acceptors (Lipinski definition) is 8. The zero-order valence-electron chi connectivity index (χ0n) is 22.8. The summed E-state index contributed by atoms with van der Waals surface area (Å²) in [5.41, 5.74) is 3.99. The third kappa shape index (κ3) is 4.46. The number of carbonyl (C=O) groups is 4. The van der Waals surface area contributed by atoms with Gasteiger partial charge in [0, 0.05) is 56.9 Å². The van der Waals surface area contributed by atoms with Gasteiger partial charge in [0.05, 0.1) is 28.6 Å². The van der Waals surface area contributed by atoms with Gasteiger partial charge >= 0.3 is 0 Å². The highest BCUT2D eigenvalue weighted by molar-refractivity contribution is 6.23. The second-order valence-electron chi connectivity index (χ2n) is 12.0. The van der Waals surface area contributed by atoms with Crippen LogP contribution in [0, 0.1) is 5.92 Å². The molecule has 7 rings (SSSR count). The average molecular weight is 546 g/mol.